The van der Waals surface area contributed by atoms with Crippen LogP contribution in [-0.4, -0.2) is 33.2 Å². The van der Waals surface area contributed by atoms with Crippen LogP contribution in [0.3, 0.4) is 0 Å². The van der Waals surface area contributed by atoms with Crippen molar-refractivity contribution in [1.29, 1.82) is 0 Å². The minimum atomic E-state index is -1.47. The average molecular weight is 452 g/mol. The lowest BCUT2D eigenvalue weighted by atomic mass is 9.78. The minimum absolute atomic E-state index is 0.137. The smallest absolute Gasteiger partial charge is 0.318 e. The Balaban J connectivity index is 2.83. The molecule has 0 radical (unpaired) electrons. The van der Waals surface area contributed by atoms with Gasteiger partial charge in [0, 0.05) is 26.1 Å². The summed E-state index contributed by atoms with van der Waals surface area (Å²) in [5.74, 6) is -4.18. The van der Waals surface area contributed by atoms with Gasteiger partial charge in [-0.15, -0.1) is 0 Å². The molecule has 2 aromatic carbocycles. The van der Waals surface area contributed by atoms with Crippen molar-refractivity contribution < 1.29 is 24.4 Å². The highest BCUT2D eigenvalue weighted by Crippen LogP contribution is 2.39. The van der Waals surface area contributed by atoms with Crippen LogP contribution >= 0.6 is 23.2 Å². The third-order valence-corrected chi connectivity index (χ3v) is 4.97. The van der Waals surface area contributed by atoms with Crippen LogP contribution in [0.5, 0.6) is 0 Å². The standard InChI is InChI=1S/C22H23Cl2NO5/c1-13(26)17(21(27)30-22(2,3)4)19(18-15(23)11-8-12-16(18)24)20(25(28)29)14-9-6-5-7-10-14/h5-12,17,19H,1-4H3,(H,28,29). The van der Waals surface area contributed by atoms with Crippen LogP contribution in [0.1, 0.15) is 44.7 Å². The second-order valence-electron chi connectivity index (χ2n) is 7.76. The maximum absolute atomic E-state index is 13.1. The molecule has 0 spiro atoms. The Morgan fingerprint density at radius 1 is 1.03 bits per heavy atom. The van der Waals surface area contributed by atoms with E-state index in [1.165, 1.54) is 19.1 Å². The number of Topliss-reactive ketones (excluding diaryl/α,β-unsaturated/α-hetero) is 1. The van der Waals surface area contributed by atoms with Crippen LogP contribution in [0.2, 0.25) is 10.0 Å². The predicted octanol–water partition coefficient (Wildman–Crippen LogP) is 5.01. The summed E-state index contributed by atoms with van der Waals surface area (Å²) in [6, 6.07) is 12.8. The van der Waals surface area contributed by atoms with Crippen molar-refractivity contribution in [2.45, 2.75) is 39.2 Å². The third-order valence-electron chi connectivity index (χ3n) is 4.31. The van der Waals surface area contributed by atoms with Gasteiger partial charge in [-0.25, -0.2) is 0 Å². The average Bonchev–Trinajstić information content (AvgIpc) is 2.60. The van der Waals surface area contributed by atoms with Crippen molar-refractivity contribution in [1.82, 2.24) is 0 Å². The molecule has 6 nitrogen and oxygen atoms in total. The van der Waals surface area contributed by atoms with E-state index in [9.17, 15) is 20.0 Å². The highest BCUT2D eigenvalue weighted by atomic mass is 35.5. The number of ketones is 1. The van der Waals surface area contributed by atoms with Crippen LogP contribution in [0.25, 0.3) is 0 Å². The Kier molecular flexibility index (Phi) is 7.50. The first kappa shape index (κ1) is 23.7. The monoisotopic (exact) mass is 451 g/mol. The SMILES string of the molecule is CC(=O)C(C(=O)OC(C)(C)C)C(/C(c1ccccc1)=[N+](/[O-])O)c1c(Cl)cccc1Cl. The summed E-state index contributed by atoms with van der Waals surface area (Å²) in [4.78, 5) is 25.4. The summed E-state index contributed by atoms with van der Waals surface area (Å²) >= 11 is 12.8. The zero-order valence-corrected chi connectivity index (χ0v) is 18.6. The van der Waals surface area contributed by atoms with Crippen LogP contribution in [0, 0.1) is 11.1 Å². The van der Waals surface area contributed by atoms with E-state index in [0.717, 1.165) is 0 Å². The maximum atomic E-state index is 13.1. The van der Waals surface area contributed by atoms with Gasteiger partial charge in [-0.05, 0) is 52.0 Å². The van der Waals surface area contributed by atoms with Gasteiger partial charge in [-0.1, -0.05) is 47.5 Å². The van der Waals surface area contributed by atoms with E-state index in [0.29, 0.717) is 5.56 Å². The highest BCUT2D eigenvalue weighted by Gasteiger charge is 2.45. The first-order valence-electron chi connectivity index (χ1n) is 9.19. The van der Waals surface area contributed by atoms with Gasteiger partial charge in [-0.2, -0.15) is 0 Å². The summed E-state index contributed by atoms with van der Waals surface area (Å²) in [7, 11) is 0. The number of ether oxygens (including phenoxy) is 1. The fraction of sp³-hybridized carbons (Fsp3) is 0.318. The molecule has 0 heterocycles. The molecule has 0 aromatic heterocycles. The van der Waals surface area contributed by atoms with Crippen molar-refractivity contribution in [3.05, 3.63) is 74.9 Å². The summed E-state index contributed by atoms with van der Waals surface area (Å²) in [5.41, 5.74) is -0.675. The number of halogens is 2. The molecular weight excluding hydrogens is 429 g/mol. The van der Waals surface area contributed by atoms with Crippen molar-refractivity contribution in [3.63, 3.8) is 0 Å². The zero-order chi connectivity index (χ0) is 22.6. The van der Waals surface area contributed by atoms with Gasteiger partial charge in [0.2, 0.25) is 0 Å². The lowest BCUT2D eigenvalue weighted by Gasteiger charge is -2.28. The van der Waals surface area contributed by atoms with Gasteiger partial charge in [0.15, 0.2) is 0 Å². The fourth-order valence-corrected chi connectivity index (χ4v) is 3.82. The van der Waals surface area contributed by atoms with Crippen LogP contribution < -0.4 is 0 Å². The van der Waals surface area contributed by atoms with Crippen molar-refractivity contribution in [3.8, 4) is 0 Å². The van der Waals surface area contributed by atoms with Crippen LogP contribution in [-0.2, 0) is 14.3 Å². The van der Waals surface area contributed by atoms with E-state index < -0.39 is 29.2 Å². The zero-order valence-electron chi connectivity index (χ0n) is 17.1. The number of rotatable bonds is 6. The van der Waals surface area contributed by atoms with Crippen molar-refractivity contribution in [2.75, 3.05) is 0 Å². The lowest BCUT2D eigenvalue weighted by Crippen LogP contribution is -2.40. The molecule has 2 rings (SSSR count). The van der Waals surface area contributed by atoms with E-state index in [-0.39, 0.29) is 26.2 Å². The van der Waals surface area contributed by atoms with Gasteiger partial charge >= 0.3 is 5.97 Å². The van der Waals surface area contributed by atoms with Gasteiger partial charge in [0.05, 0.1) is 5.92 Å². The molecule has 0 aliphatic carbocycles. The number of carbonyl (C=O) groups is 2. The molecule has 0 aliphatic rings. The lowest BCUT2D eigenvalue weighted by molar-refractivity contribution is -0.726. The molecule has 2 atom stereocenters. The van der Waals surface area contributed by atoms with E-state index >= 15 is 0 Å². The predicted molar refractivity (Wildman–Crippen MR) is 115 cm³/mol. The quantitative estimate of drug-likeness (QED) is 0.166. The minimum Gasteiger partial charge on any atom is -0.459 e. The molecule has 0 aliphatic heterocycles. The molecule has 8 heteroatoms. The first-order chi connectivity index (χ1) is 13.9. The molecule has 160 valence electrons. The summed E-state index contributed by atoms with van der Waals surface area (Å²) in [6.07, 6.45) is 0. The molecule has 0 amide bonds. The largest absolute Gasteiger partial charge is 0.459 e. The molecule has 2 unspecified atom stereocenters. The molecule has 0 saturated heterocycles. The number of carbonyl (C=O) groups excluding carboxylic acids is 2. The van der Waals surface area contributed by atoms with Crippen LogP contribution in [0.4, 0.5) is 0 Å². The Morgan fingerprint density at radius 3 is 2.00 bits per heavy atom. The number of hydrogen-bond donors (Lipinski definition) is 1. The Morgan fingerprint density at radius 2 is 1.57 bits per heavy atom. The summed E-state index contributed by atoms with van der Waals surface area (Å²) in [5, 5.41) is 22.6. The number of nitrogens with zero attached hydrogens (tertiary/aromatic N) is 1. The third kappa shape index (κ3) is 5.52. The summed E-state index contributed by atoms with van der Waals surface area (Å²) < 4.78 is 5.45. The Bertz CT molecular complexity index is 943. The molecule has 30 heavy (non-hydrogen) atoms. The van der Waals surface area contributed by atoms with Crippen molar-refractivity contribution in [2.24, 2.45) is 5.92 Å². The molecule has 0 saturated carbocycles. The van der Waals surface area contributed by atoms with Gasteiger partial charge in [0.25, 0.3) is 5.71 Å². The number of hydrogen-bond acceptors (Lipinski definition) is 5. The molecular formula is C22H23Cl2NO5. The summed E-state index contributed by atoms with van der Waals surface area (Å²) in [6.45, 7) is 6.19. The second-order valence-corrected chi connectivity index (χ2v) is 8.57. The van der Waals surface area contributed by atoms with Gasteiger partial charge < -0.3 is 9.94 Å². The fourth-order valence-electron chi connectivity index (χ4n) is 3.19. The molecule has 1 N–H and O–H groups in total. The first-order valence-corrected chi connectivity index (χ1v) is 9.95. The van der Waals surface area contributed by atoms with E-state index in [1.807, 2.05) is 0 Å². The highest BCUT2D eigenvalue weighted by molar-refractivity contribution is 6.37. The number of esters is 1. The van der Waals surface area contributed by atoms with Gasteiger partial charge in [0.1, 0.15) is 17.3 Å². The normalized spacial score (nSPS) is 14.5. The Hall–Kier alpha value is -2.57. The van der Waals surface area contributed by atoms with Crippen molar-refractivity contribution >= 4 is 40.7 Å². The number of benzene rings is 2. The molecule has 0 bridgehead atoms. The topological polar surface area (TPSA) is 89.7 Å². The molecule has 0 fully saturated rings. The van der Waals surface area contributed by atoms with Crippen LogP contribution in [0.15, 0.2) is 48.5 Å². The van der Waals surface area contributed by atoms with E-state index in [4.69, 9.17) is 27.9 Å². The Labute approximate surface area is 185 Å². The van der Waals surface area contributed by atoms with Gasteiger partial charge in [-0.3, -0.25) is 14.8 Å². The van der Waals surface area contributed by atoms with E-state index in [2.05, 4.69) is 0 Å². The van der Waals surface area contributed by atoms with E-state index in [1.54, 1.807) is 57.2 Å². The maximum Gasteiger partial charge on any atom is 0.318 e. The molecule has 2 aromatic rings. The second kappa shape index (κ2) is 9.49.